The molecule has 2 aliphatic carbocycles. The Hall–Kier alpha value is -1.88. The van der Waals surface area contributed by atoms with Crippen molar-refractivity contribution in [3.8, 4) is 0 Å². The van der Waals surface area contributed by atoms with Crippen molar-refractivity contribution in [3.05, 3.63) is 30.1 Å². The highest BCUT2D eigenvalue weighted by molar-refractivity contribution is 5.81. The van der Waals surface area contributed by atoms with Gasteiger partial charge < -0.3 is 14.0 Å². The van der Waals surface area contributed by atoms with Crippen LogP contribution in [0.25, 0.3) is 11.0 Å². The molecular weight excluding hydrogens is 304 g/mol. The van der Waals surface area contributed by atoms with Gasteiger partial charge in [-0.25, -0.2) is 4.98 Å². The van der Waals surface area contributed by atoms with E-state index in [1.54, 1.807) is 0 Å². The van der Waals surface area contributed by atoms with Gasteiger partial charge in [0.1, 0.15) is 30.1 Å². The number of nitrogens with zero attached hydrogens (tertiary/aromatic N) is 2. The highest BCUT2D eigenvalue weighted by Gasteiger charge is 2.71. The van der Waals surface area contributed by atoms with Crippen LogP contribution in [0, 0.1) is 17.8 Å². The van der Waals surface area contributed by atoms with E-state index in [1.165, 1.54) is 0 Å². The fourth-order valence-corrected chi connectivity index (χ4v) is 6.12. The first-order chi connectivity index (χ1) is 11.7. The Balaban J connectivity index is 1.65. The van der Waals surface area contributed by atoms with Gasteiger partial charge >= 0.3 is 5.97 Å². The van der Waals surface area contributed by atoms with E-state index >= 15 is 0 Å². The molecular formula is C19H20N2O3. The minimum Gasteiger partial charge on any atom is -0.459 e. The van der Waals surface area contributed by atoms with Gasteiger partial charge in [0.05, 0.1) is 17.1 Å². The van der Waals surface area contributed by atoms with Crippen LogP contribution in [-0.2, 0) is 20.9 Å². The van der Waals surface area contributed by atoms with Gasteiger partial charge in [-0.2, -0.15) is 0 Å². The average Bonchev–Trinajstić information content (AvgIpc) is 3.16. The topological polar surface area (TPSA) is 53.4 Å². The van der Waals surface area contributed by atoms with Crippen molar-refractivity contribution in [3.63, 3.8) is 0 Å². The minimum atomic E-state index is -0.421. The van der Waals surface area contributed by atoms with E-state index in [4.69, 9.17) is 14.5 Å². The second-order valence-corrected chi connectivity index (χ2v) is 7.91. The first kappa shape index (κ1) is 13.4. The second-order valence-electron chi connectivity index (χ2n) is 7.91. The molecule has 5 nitrogen and oxygen atoms in total. The van der Waals surface area contributed by atoms with E-state index in [9.17, 15) is 4.79 Å². The fraction of sp³-hybridized carbons (Fsp3) is 0.579. The lowest BCUT2D eigenvalue weighted by atomic mass is 9.64. The smallest absolute Gasteiger partial charge is 0.314 e. The number of esters is 1. The van der Waals surface area contributed by atoms with Crippen molar-refractivity contribution in [2.24, 2.45) is 17.8 Å². The Morgan fingerprint density at radius 1 is 1.29 bits per heavy atom. The highest BCUT2D eigenvalue weighted by Crippen LogP contribution is 2.62. The predicted molar refractivity (Wildman–Crippen MR) is 86.2 cm³/mol. The van der Waals surface area contributed by atoms with Crippen LogP contribution in [0.1, 0.15) is 38.1 Å². The SMILES string of the molecule is C[C@H]1CC2CC[C@H]3OC(=O)C4[C@@H]1n1c(nc5ccccc51)CO[C@@]243. The highest BCUT2D eigenvalue weighted by atomic mass is 16.6. The minimum absolute atomic E-state index is 0.0631. The van der Waals surface area contributed by atoms with Crippen molar-refractivity contribution < 1.29 is 14.3 Å². The zero-order chi connectivity index (χ0) is 16.1. The molecule has 2 bridgehead atoms. The summed E-state index contributed by atoms with van der Waals surface area (Å²) in [5.41, 5.74) is 1.67. The van der Waals surface area contributed by atoms with Crippen molar-refractivity contribution in [2.75, 3.05) is 0 Å². The lowest BCUT2D eigenvalue weighted by molar-refractivity contribution is -0.154. The Kier molecular flexibility index (Phi) is 2.35. The average molecular weight is 324 g/mol. The molecule has 1 saturated heterocycles. The van der Waals surface area contributed by atoms with Gasteiger partial charge in [-0.3, -0.25) is 4.79 Å². The lowest BCUT2D eigenvalue weighted by Gasteiger charge is -2.46. The summed E-state index contributed by atoms with van der Waals surface area (Å²) in [6, 6.07) is 8.28. The van der Waals surface area contributed by atoms with Crippen LogP contribution in [0.5, 0.6) is 0 Å². The number of ether oxygens (including phenoxy) is 2. The van der Waals surface area contributed by atoms with Gasteiger partial charge in [0.2, 0.25) is 0 Å². The number of imidazole rings is 1. The van der Waals surface area contributed by atoms with E-state index in [2.05, 4.69) is 17.6 Å². The summed E-state index contributed by atoms with van der Waals surface area (Å²) in [6.07, 6.45) is 3.08. The van der Waals surface area contributed by atoms with Crippen molar-refractivity contribution in [1.29, 1.82) is 0 Å². The van der Waals surface area contributed by atoms with Gasteiger partial charge in [0.25, 0.3) is 0 Å². The first-order valence-electron chi connectivity index (χ1n) is 9.00. The molecule has 2 aromatic rings. The Bertz CT molecular complexity index is 875. The van der Waals surface area contributed by atoms with Gasteiger partial charge in [-0.1, -0.05) is 19.1 Å². The molecule has 5 heteroatoms. The van der Waals surface area contributed by atoms with Crippen molar-refractivity contribution in [1.82, 2.24) is 9.55 Å². The Morgan fingerprint density at radius 2 is 2.17 bits per heavy atom. The number of rotatable bonds is 0. The maximum Gasteiger partial charge on any atom is 0.314 e. The summed E-state index contributed by atoms with van der Waals surface area (Å²) < 4.78 is 14.6. The van der Waals surface area contributed by atoms with Crippen LogP contribution in [0.4, 0.5) is 0 Å². The van der Waals surface area contributed by atoms with E-state index in [0.717, 1.165) is 36.1 Å². The van der Waals surface area contributed by atoms with E-state index in [0.29, 0.717) is 18.4 Å². The molecule has 0 N–H and O–H groups in total. The molecule has 3 fully saturated rings. The van der Waals surface area contributed by atoms with Gasteiger partial charge in [0, 0.05) is 0 Å². The largest absolute Gasteiger partial charge is 0.459 e. The summed E-state index contributed by atoms with van der Waals surface area (Å²) >= 11 is 0. The normalized spacial score (nSPS) is 42.5. The molecule has 6 atom stereocenters. The second kappa shape index (κ2) is 4.20. The van der Waals surface area contributed by atoms with Gasteiger partial charge in [-0.15, -0.1) is 0 Å². The molecule has 4 aliphatic rings. The van der Waals surface area contributed by atoms with Crippen LogP contribution in [0.15, 0.2) is 24.3 Å². The summed E-state index contributed by atoms with van der Waals surface area (Å²) in [7, 11) is 0. The maximum atomic E-state index is 12.8. The number of carbonyl (C=O) groups is 1. The van der Waals surface area contributed by atoms with Crippen molar-refractivity contribution in [2.45, 2.75) is 50.5 Å². The molecule has 2 saturated carbocycles. The van der Waals surface area contributed by atoms with Crippen LogP contribution in [-0.4, -0.2) is 27.2 Å². The summed E-state index contributed by atoms with van der Waals surface area (Å²) in [5.74, 6) is 1.54. The summed E-state index contributed by atoms with van der Waals surface area (Å²) in [6.45, 7) is 2.75. The molecule has 2 aliphatic heterocycles. The van der Waals surface area contributed by atoms with E-state index in [1.807, 2.05) is 18.2 Å². The zero-order valence-electron chi connectivity index (χ0n) is 13.6. The maximum absolute atomic E-state index is 12.8. The number of hydrogen-bond donors (Lipinski definition) is 0. The molecule has 6 rings (SSSR count). The van der Waals surface area contributed by atoms with Gasteiger partial charge in [-0.05, 0) is 43.2 Å². The van der Waals surface area contributed by atoms with Gasteiger partial charge in [0.15, 0.2) is 0 Å². The number of fused-ring (bicyclic) bond motifs is 4. The number of para-hydroxylation sites is 2. The van der Waals surface area contributed by atoms with Crippen LogP contribution in [0.2, 0.25) is 0 Å². The third-order valence-electron chi connectivity index (χ3n) is 6.92. The number of hydrogen-bond acceptors (Lipinski definition) is 4. The number of carbonyl (C=O) groups excluding carboxylic acids is 1. The molecule has 2 unspecified atom stereocenters. The number of benzene rings is 1. The molecule has 124 valence electrons. The lowest BCUT2D eigenvalue weighted by Crippen LogP contribution is -2.54. The molecule has 0 radical (unpaired) electrons. The standard InChI is InChI=1S/C19H20N2O3/c1-10-8-11-6-7-14-19(11)16(18(22)24-14)17(10)21-13-5-3-2-4-12(13)20-15(21)9-23-19/h2-5,10-11,14,16-17H,6-9H2,1H3/t10-,11?,14+,16?,17+,19+/m0/s1. The number of aromatic nitrogens is 2. The molecule has 1 aromatic carbocycles. The van der Waals surface area contributed by atoms with Crippen LogP contribution in [0.3, 0.4) is 0 Å². The van der Waals surface area contributed by atoms with E-state index < -0.39 is 5.60 Å². The zero-order valence-corrected chi connectivity index (χ0v) is 13.6. The molecule has 1 aromatic heterocycles. The quantitative estimate of drug-likeness (QED) is 0.699. The fourth-order valence-electron chi connectivity index (χ4n) is 6.12. The molecule has 3 heterocycles. The first-order valence-corrected chi connectivity index (χ1v) is 9.00. The third-order valence-corrected chi connectivity index (χ3v) is 6.92. The molecule has 0 amide bonds. The predicted octanol–water partition coefficient (Wildman–Crippen LogP) is 2.84. The monoisotopic (exact) mass is 324 g/mol. The molecule has 24 heavy (non-hydrogen) atoms. The Labute approximate surface area is 139 Å². The summed E-state index contributed by atoms with van der Waals surface area (Å²) in [4.78, 5) is 17.7. The summed E-state index contributed by atoms with van der Waals surface area (Å²) in [5, 5.41) is 0. The van der Waals surface area contributed by atoms with Crippen LogP contribution >= 0.6 is 0 Å². The van der Waals surface area contributed by atoms with Crippen LogP contribution < -0.4 is 0 Å². The third kappa shape index (κ3) is 1.34. The van der Waals surface area contributed by atoms with E-state index in [-0.39, 0.29) is 24.0 Å². The van der Waals surface area contributed by atoms with Crippen molar-refractivity contribution >= 4 is 17.0 Å². The Morgan fingerprint density at radius 3 is 3.08 bits per heavy atom. The molecule has 1 spiro atoms.